The maximum atomic E-state index is 11.8. The predicted octanol–water partition coefficient (Wildman–Crippen LogP) is 2.88. The topological polar surface area (TPSA) is 105 Å². The number of thioether (sulfide) groups is 1. The molecule has 0 unspecified atom stereocenters. The van der Waals surface area contributed by atoms with E-state index in [0.29, 0.717) is 12.3 Å². The molecule has 2 aromatic rings. The van der Waals surface area contributed by atoms with Gasteiger partial charge in [0.2, 0.25) is 11.0 Å². The molecule has 0 saturated heterocycles. The van der Waals surface area contributed by atoms with Gasteiger partial charge in [0.15, 0.2) is 4.34 Å². The van der Waals surface area contributed by atoms with E-state index in [9.17, 15) is 9.59 Å². The second-order valence-electron chi connectivity index (χ2n) is 5.67. The molecule has 1 heterocycles. The van der Waals surface area contributed by atoms with E-state index in [1.807, 2.05) is 37.3 Å². The molecule has 2 rings (SSSR count). The van der Waals surface area contributed by atoms with Crippen LogP contribution in [0.3, 0.4) is 0 Å². The Morgan fingerprint density at radius 1 is 1.21 bits per heavy atom. The van der Waals surface area contributed by atoms with Gasteiger partial charge in [-0.2, -0.15) is 0 Å². The Kier molecular flexibility index (Phi) is 10.3. The largest absolute Gasteiger partial charge is 0.382 e. The van der Waals surface area contributed by atoms with Crippen LogP contribution in [0.25, 0.3) is 0 Å². The number of urea groups is 1. The van der Waals surface area contributed by atoms with Crippen molar-refractivity contribution >= 4 is 40.2 Å². The molecule has 0 saturated carbocycles. The van der Waals surface area contributed by atoms with Crippen molar-refractivity contribution in [1.82, 2.24) is 20.8 Å². The number of nitrogens with one attached hydrogen (secondary N) is 3. The number of aromatic nitrogens is 2. The van der Waals surface area contributed by atoms with Crippen LogP contribution in [0, 0.1) is 0 Å². The zero-order valence-electron chi connectivity index (χ0n) is 15.8. The van der Waals surface area contributed by atoms with E-state index in [1.165, 1.54) is 23.1 Å². The maximum Gasteiger partial charge on any atom is 0.321 e. The molecule has 10 heteroatoms. The highest BCUT2D eigenvalue weighted by Gasteiger charge is 2.09. The molecule has 0 spiro atoms. The third kappa shape index (κ3) is 9.16. The highest BCUT2D eigenvalue weighted by molar-refractivity contribution is 8.01. The molecule has 1 aromatic heterocycles. The number of hydrogen-bond donors (Lipinski definition) is 3. The zero-order valence-corrected chi connectivity index (χ0v) is 17.4. The monoisotopic (exact) mass is 423 g/mol. The van der Waals surface area contributed by atoms with E-state index in [4.69, 9.17) is 4.74 Å². The summed E-state index contributed by atoms with van der Waals surface area (Å²) < 4.78 is 6.06. The summed E-state index contributed by atoms with van der Waals surface area (Å²) in [4.78, 5) is 23.6. The van der Waals surface area contributed by atoms with E-state index in [0.717, 1.165) is 41.2 Å². The summed E-state index contributed by atoms with van der Waals surface area (Å²) in [5.74, 6) is 0.202. The fourth-order valence-electron chi connectivity index (χ4n) is 2.10. The molecule has 3 amide bonds. The van der Waals surface area contributed by atoms with Gasteiger partial charge in [0.1, 0.15) is 0 Å². The standard InChI is InChI=1S/C18H25N5O3S2/c1-2-26-11-6-10-19-17-22-23-18(28-17)27-12-9-15(24)21-16(25)20-13-14-7-4-3-5-8-14/h3-5,7-8H,2,6,9-13H2,1H3,(H,19,22)(H2,20,21,24,25). The number of nitrogens with zero attached hydrogens (tertiary/aromatic N) is 2. The van der Waals surface area contributed by atoms with Crippen LogP contribution in [0.1, 0.15) is 25.3 Å². The molecule has 0 aliphatic heterocycles. The predicted molar refractivity (Wildman–Crippen MR) is 112 cm³/mol. The Bertz CT molecular complexity index is 727. The average Bonchev–Trinajstić information content (AvgIpc) is 3.14. The molecule has 0 bridgehead atoms. The molecule has 28 heavy (non-hydrogen) atoms. The smallest absolute Gasteiger partial charge is 0.321 e. The maximum absolute atomic E-state index is 11.8. The van der Waals surface area contributed by atoms with E-state index in [1.54, 1.807) is 0 Å². The lowest BCUT2D eigenvalue weighted by Gasteiger charge is -2.06. The first-order valence-corrected chi connectivity index (χ1v) is 10.9. The number of rotatable bonds is 12. The van der Waals surface area contributed by atoms with Gasteiger partial charge in [-0.25, -0.2) is 4.79 Å². The molecule has 8 nitrogen and oxygen atoms in total. The van der Waals surface area contributed by atoms with Crippen LogP contribution in [0.2, 0.25) is 0 Å². The summed E-state index contributed by atoms with van der Waals surface area (Å²) >= 11 is 2.89. The molecule has 1 aromatic carbocycles. The number of carbonyl (C=O) groups excluding carboxylic acids is 2. The van der Waals surface area contributed by atoms with Crippen molar-refractivity contribution in [3.63, 3.8) is 0 Å². The van der Waals surface area contributed by atoms with Crippen molar-refractivity contribution in [3.8, 4) is 0 Å². The number of imide groups is 1. The Morgan fingerprint density at radius 2 is 2.04 bits per heavy atom. The van der Waals surface area contributed by atoms with Crippen molar-refractivity contribution in [2.75, 3.05) is 30.8 Å². The van der Waals surface area contributed by atoms with Crippen molar-refractivity contribution < 1.29 is 14.3 Å². The number of anilines is 1. The Balaban J connectivity index is 1.57. The van der Waals surface area contributed by atoms with Gasteiger partial charge >= 0.3 is 6.03 Å². The first-order valence-electron chi connectivity index (χ1n) is 9.07. The van der Waals surface area contributed by atoms with Crippen molar-refractivity contribution in [1.29, 1.82) is 0 Å². The third-order valence-electron chi connectivity index (χ3n) is 3.46. The van der Waals surface area contributed by atoms with Gasteiger partial charge in [0.05, 0.1) is 0 Å². The molecule has 0 aliphatic rings. The second kappa shape index (κ2) is 13.1. The number of hydrogen-bond acceptors (Lipinski definition) is 8. The number of amides is 3. The molecule has 152 valence electrons. The fraction of sp³-hybridized carbons (Fsp3) is 0.444. The molecule has 0 radical (unpaired) electrons. The summed E-state index contributed by atoms with van der Waals surface area (Å²) in [5, 5.41) is 17.1. The highest BCUT2D eigenvalue weighted by Crippen LogP contribution is 2.25. The van der Waals surface area contributed by atoms with Gasteiger partial charge in [-0.1, -0.05) is 53.4 Å². The van der Waals surface area contributed by atoms with Gasteiger partial charge in [-0.05, 0) is 18.9 Å². The fourth-order valence-corrected chi connectivity index (χ4v) is 3.88. The molecule has 0 atom stereocenters. The Labute approximate surface area is 172 Å². The lowest BCUT2D eigenvalue weighted by molar-refractivity contribution is -0.119. The quantitative estimate of drug-likeness (QED) is 0.356. The first-order chi connectivity index (χ1) is 13.7. The van der Waals surface area contributed by atoms with Crippen molar-refractivity contribution in [2.45, 2.75) is 30.6 Å². The Morgan fingerprint density at radius 3 is 2.82 bits per heavy atom. The highest BCUT2D eigenvalue weighted by atomic mass is 32.2. The van der Waals surface area contributed by atoms with Crippen molar-refractivity contribution in [3.05, 3.63) is 35.9 Å². The first kappa shape index (κ1) is 22.1. The second-order valence-corrected chi connectivity index (χ2v) is 7.98. The average molecular weight is 424 g/mol. The van der Waals surface area contributed by atoms with Crippen LogP contribution < -0.4 is 16.0 Å². The van der Waals surface area contributed by atoms with Crippen LogP contribution in [-0.4, -0.2) is 47.6 Å². The normalized spacial score (nSPS) is 10.5. The number of carbonyl (C=O) groups is 2. The minimum Gasteiger partial charge on any atom is -0.382 e. The molecular weight excluding hydrogens is 398 g/mol. The van der Waals surface area contributed by atoms with Crippen LogP contribution in [0.15, 0.2) is 34.7 Å². The van der Waals surface area contributed by atoms with E-state index < -0.39 is 6.03 Å². The van der Waals surface area contributed by atoms with E-state index in [2.05, 4.69) is 26.1 Å². The summed E-state index contributed by atoms with van der Waals surface area (Å²) in [7, 11) is 0. The van der Waals surface area contributed by atoms with Gasteiger partial charge in [0, 0.05) is 38.5 Å². The van der Waals surface area contributed by atoms with E-state index in [-0.39, 0.29) is 12.3 Å². The number of benzene rings is 1. The SMILES string of the molecule is CCOCCCNc1nnc(SCCC(=O)NC(=O)NCc2ccccc2)s1. The van der Waals surface area contributed by atoms with Crippen LogP contribution >= 0.6 is 23.1 Å². The minimum absolute atomic E-state index is 0.222. The summed E-state index contributed by atoms with van der Waals surface area (Å²) in [6, 6.07) is 9.02. The van der Waals surface area contributed by atoms with Gasteiger partial charge in [-0.15, -0.1) is 10.2 Å². The van der Waals surface area contributed by atoms with Gasteiger partial charge in [0.25, 0.3) is 0 Å². The van der Waals surface area contributed by atoms with E-state index >= 15 is 0 Å². The minimum atomic E-state index is -0.492. The molecule has 3 N–H and O–H groups in total. The lowest BCUT2D eigenvalue weighted by atomic mass is 10.2. The molecular formula is C18H25N5O3S2. The van der Waals surface area contributed by atoms with Gasteiger partial charge < -0.3 is 15.4 Å². The van der Waals surface area contributed by atoms with Gasteiger partial charge in [-0.3, -0.25) is 10.1 Å². The lowest BCUT2D eigenvalue weighted by Crippen LogP contribution is -2.39. The molecule has 0 fully saturated rings. The van der Waals surface area contributed by atoms with Crippen LogP contribution in [-0.2, 0) is 16.1 Å². The summed E-state index contributed by atoms with van der Waals surface area (Å²) in [5.41, 5.74) is 0.972. The molecule has 0 aliphatic carbocycles. The summed E-state index contributed by atoms with van der Waals surface area (Å²) in [6.45, 7) is 4.57. The summed E-state index contributed by atoms with van der Waals surface area (Å²) in [6.07, 6.45) is 1.13. The zero-order chi connectivity index (χ0) is 20.0. The third-order valence-corrected chi connectivity index (χ3v) is 5.47. The van der Waals surface area contributed by atoms with Crippen molar-refractivity contribution in [2.24, 2.45) is 0 Å². The van der Waals surface area contributed by atoms with Crippen LogP contribution in [0.4, 0.5) is 9.93 Å². The number of ether oxygens (including phenoxy) is 1. The van der Waals surface area contributed by atoms with Crippen LogP contribution in [0.5, 0.6) is 0 Å². The Hall–Kier alpha value is -2.17.